The van der Waals surface area contributed by atoms with Gasteiger partial charge in [-0.3, -0.25) is 9.97 Å². The van der Waals surface area contributed by atoms with Crippen LogP contribution in [0.3, 0.4) is 0 Å². The van der Waals surface area contributed by atoms with Crippen LogP contribution in [-0.4, -0.2) is 9.97 Å². The molecule has 6 aromatic carbocycles. The van der Waals surface area contributed by atoms with Crippen molar-refractivity contribution in [3.8, 4) is 33.6 Å². The van der Waals surface area contributed by atoms with Gasteiger partial charge in [0.05, 0.1) is 33.9 Å². The van der Waals surface area contributed by atoms with Crippen LogP contribution in [0.2, 0.25) is 0 Å². The molecule has 0 saturated carbocycles. The van der Waals surface area contributed by atoms with E-state index in [2.05, 4.69) is 146 Å². The first-order valence-electron chi connectivity index (χ1n) is 19.3. The van der Waals surface area contributed by atoms with E-state index >= 15 is 0 Å². The summed E-state index contributed by atoms with van der Waals surface area (Å²) < 4.78 is 0. The van der Waals surface area contributed by atoms with Gasteiger partial charge in [-0.2, -0.15) is 0 Å². The highest BCUT2D eigenvalue weighted by atomic mass is 15.2. The molecular weight excluding hydrogens is 655 g/mol. The van der Waals surface area contributed by atoms with Crippen molar-refractivity contribution in [3.05, 3.63) is 195 Å². The summed E-state index contributed by atoms with van der Waals surface area (Å²) in [5, 5.41) is 2.89. The van der Waals surface area contributed by atoms with Crippen molar-refractivity contribution in [3.63, 3.8) is 0 Å². The number of aromatic nitrogens is 2. The van der Waals surface area contributed by atoms with Gasteiger partial charge in [-0.25, -0.2) is 0 Å². The van der Waals surface area contributed by atoms with Gasteiger partial charge in [0.2, 0.25) is 0 Å². The predicted molar refractivity (Wildman–Crippen MR) is 218 cm³/mol. The molecule has 0 fully saturated rings. The maximum atomic E-state index is 5.04. The molecule has 5 aliphatic rings. The van der Waals surface area contributed by atoms with Gasteiger partial charge in [0.25, 0.3) is 0 Å². The van der Waals surface area contributed by atoms with Crippen LogP contribution in [0, 0.1) is 0 Å². The molecule has 54 heavy (non-hydrogen) atoms. The number of benzene rings is 6. The van der Waals surface area contributed by atoms with Gasteiger partial charge in [0.1, 0.15) is 0 Å². The lowest BCUT2D eigenvalue weighted by molar-refractivity contribution is 0.632. The summed E-state index contributed by atoms with van der Waals surface area (Å²) >= 11 is 0. The molecule has 8 aromatic rings. The minimum absolute atomic E-state index is 0.108. The number of anilines is 3. The third-order valence-electron chi connectivity index (χ3n) is 13.7. The highest BCUT2D eigenvalue weighted by Crippen LogP contribution is 2.64. The second kappa shape index (κ2) is 9.80. The number of rotatable bonds is 1. The number of pyridine rings is 2. The first kappa shape index (κ1) is 29.2. The van der Waals surface area contributed by atoms with E-state index < -0.39 is 5.41 Å². The summed E-state index contributed by atoms with van der Waals surface area (Å²) in [6.07, 6.45) is 6.92. The first-order chi connectivity index (χ1) is 26.6. The zero-order valence-electron chi connectivity index (χ0n) is 30.2. The molecule has 254 valence electrons. The van der Waals surface area contributed by atoms with Gasteiger partial charge < -0.3 is 4.90 Å². The fourth-order valence-electron chi connectivity index (χ4n) is 11.5. The van der Waals surface area contributed by atoms with Crippen LogP contribution in [0.5, 0.6) is 0 Å². The Morgan fingerprint density at radius 1 is 0.463 bits per heavy atom. The van der Waals surface area contributed by atoms with Crippen LogP contribution in [0.4, 0.5) is 17.1 Å². The number of hydrogen-bond acceptors (Lipinski definition) is 3. The summed E-state index contributed by atoms with van der Waals surface area (Å²) in [6, 6.07) is 48.5. The number of aryl methyl sites for hydroxylation is 2. The van der Waals surface area contributed by atoms with Gasteiger partial charge >= 0.3 is 0 Å². The van der Waals surface area contributed by atoms with Crippen LogP contribution in [0.25, 0.3) is 44.4 Å². The fraction of sp³-hybridized carbons (Fsp3) is 0.137. The predicted octanol–water partition coefficient (Wildman–Crippen LogP) is 11.8. The van der Waals surface area contributed by atoms with E-state index in [1.165, 1.54) is 106 Å². The smallest absolute Gasteiger partial charge is 0.0937 e. The number of hydrogen-bond donors (Lipinski definition) is 0. The fourth-order valence-corrected chi connectivity index (χ4v) is 11.5. The second-order valence-electron chi connectivity index (χ2n) is 16.3. The maximum Gasteiger partial charge on any atom is 0.0937 e. The molecule has 0 saturated heterocycles. The van der Waals surface area contributed by atoms with Crippen LogP contribution >= 0.6 is 0 Å². The largest absolute Gasteiger partial charge is 0.310 e. The normalized spacial score (nSPS) is 16.4. The third-order valence-corrected chi connectivity index (χ3v) is 13.7. The Bertz CT molecular complexity index is 2920. The molecule has 4 aliphatic carbocycles. The van der Waals surface area contributed by atoms with Crippen molar-refractivity contribution >= 4 is 27.8 Å². The van der Waals surface area contributed by atoms with Gasteiger partial charge in [0.15, 0.2) is 0 Å². The number of para-hydroxylation sites is 2. The SMILES string of the molecule is CC1(C)c2ccccc2N(c2cccc3c2Cc2c-3ccc3c2-c2ccc4c5c(ccc(c25)C32c3cccnc3-c3ncccc32)CC4)c2ccccc21. The second-order valence-corrected chi connectivity index (χ2v) is 16.3. The molecule has 3 heteroatoms. The first-order valence-corrected chi connectivity index (χ1v) is 19.3. The Kier molecular flexibility index (Phi) is 5.30. The molecular formula is C51H35N3. The van der Waals surface area contributed by atoms with Gasteiger partial charge in [0, 0.05) is 24.2 Å². The summed E-state index contributed by atoms with van der Waals surface area (Å²) in [5.41, 5.74) is 24.3. The van der Waals surface area contributed by atoms with Crippen molar-refractivity contribution in [2.75, 3.05) is 4.90 Å². The Hall–Kier alpha value is -6.32. The number of fused-ring (bicyclic) bond motifs is 15. The Labute approximate surface area is 314 Å². The molecule has 2 aromatic heterocycles. The molecule has 13 rings (SSSR count). The standard InChI is InChI=1S/C51H35N3/c1-50(2)36-11-3-5-15-43(36)54(44-16-6-4-12-37(44)50)42-17-7-10-31-32-23-25-38-46(35(32)28-34(31)42)33-22-20-29-18-19-30-21-24-39(47(33)45(29)30)51(38)40-13-8-26-52-48(40)49-41(51)14-9-27-53-49/h3-17,20-27H,18-19,28H2,1-2H3. The minimum atomic E-state index is -0.516. The van der Waals surface area contributed by atoms with Crippen molar-refractivity contribution < 1.29 is 0 Å². The topological polar surface area (TPSA) is 29.0 Å². The molecule has 3 heterocycles. The molecule has 1 aliphatic heterocycles. The molecule has 0 radical (unpaired) electrons. The van der Waals surface area contributed by atoms with E-state index in [1.54, 1.807) is 0 Å². The zero-order valence-corrected chi connectivity index (χ0v) is 30.2. The van der Waals surface area contributed by atoms with Crippen molar-refractivity contribution in [1.29, 1.82) is 0 Å². The molecule has 1 spiro atoms. The third kappa shape index (κ3) is 3.24. The van der Waals surface area contributed by atoms with E-state index in [0.29, 0.717) is 0 Å². The molecule has 0 amide bonds. The summed E-state index contributed by atoms with van der Waals surface area (Å²) in [7, 11) is 0. The Morgan fingerprint density at radius 2 is 1.04 bits per heavy atom. The Balaban J connectivity index is 1.11. The molecule has 0 atom stereocenters. The van der Waals surface area contributed by atoms with Gasteiger partial charge in [-0.15, -0.1) is 0 Å². The van der Waals surface area contributed by atoms with Crippen molar-refractivity contribution in [1.82, 2.24) is 9.97 Å². The highest BCUT2D eigenvalue weighted by Gasteiger charge is 2.52. The van der Waals surface area contributed by atoms with Crippen LogP contribution in [0.1, 0.15) is 69.5 Å². The monoisotopic (exact) mass is 689 g/mol. The average Bonchev–Trinajstić information content (AvgIpc) is 3.90. The lowest BCUT2D eigenvalue weighted by Crippen LogP contribution is -2.32. The van der Waals surface area contributed by atoms with E-state index in [-0.39, 0.29) is 5.41 Å². The van der Waals surface area contributed by atoms with E-state index in [9.17, 15) is 0 Å². The van der Waals surface area contributed by atoms with Crippen LogP contribution in [0.15, 0.2) is 140 Å². The zero-order chi connectivity index (χ0) is 35.5. The van der Waals surface area contributed by atoms with Crippen LogP contribution in [-0.2, 0) is 30.1 Å². The maximum absolute atomic E-state index is 5.04. The summed E-state index contributed by atoms with van der Waals surface area (Å²) in [6.45, 7) is 4.73. The minimum Gasteiger partial charge on any atom is -0.310 e. The summed E-state index contributed by atoms with van der Waals surface area (Å²) in [4.78, 5) is 12.6. The summed E-state index contributed by atoms with van der Waals surface area (Å²) in [5.74, 6) is 0. The van der Waals surface area contributed by atoms with E-state index in [0.717, 1.165) is 30.7 Å². The number of nitrogens with zero attached hydrogens (tertiary/aromatic N) is 3. The van der Waals surface area contributed by atoms with Crippen molar-refractivity contribution in [2.24, 2.45) is 0 Å². The molecule has 3 nitrogen and oxygen atoms in total. The van der Waals surface area contributed by atoms with Crippen LogP contribution < -0.4 is 4.90 Å². The van der Waals surface area contributed by atoms with Gasteiger partial charge in [-0.05, 0) is 132 Å². The lowest BCUT2D eigenvalue weighted by atomic mass is 9.60. The Morgan fingerprint density at radius 3 is 1.74 bits per heavy atom. The highest BCUT2D eigenvalue weighted by molar-refractivity contribution is 6.11. The quantitative estimate of drug-likeness (QED) is 0.172. The lowest BCUT2D eigenvalue weighted by Gasteiger charge is -2.42. The van der Waals surface area contributed by atoms with Crippen molar-refractivity contribution in [2.45, 2.75) is 43.9 Å². The van der Waals surface area contributed by atoms with E-state index in [1.807, 2.05) is 12.4 Å². The van der Waals surface area contributed by atoms with Gasteiger partial charge in [-0.1, -0.05) is 111 Å². The molecule has 0 bridgehead atoms. The molecule has 0 unspecified atom stereocenters. The molecule has 0 N–H and O–H groups in total. The van der Waals surface area contributed by atoms with E-state index in [4.69, 9.17) is 9.97 Å². The average molecular weight is 690 g/mol.